The molecule has 0 N–H and O–H groups in total. The predicted octanol–water partition coefficient (Wildman–Crippen LogP) is 3.93. The Morgan fingerprint density at radius 1 is 0.941 bits per heavy atom. The van der Waals surface area contributed by atoms with Crippen molar-refractivity contribution in [3.63, 3.8) is 0 Å². The number of benzene rings is 1. The molecule has 96 valence electrons. The quantitative estimate of drug-likeness (QED) is 0.749. The minimum Gasteiger partial charge on any atom is -0.350 e. The van der Waals surface area contributed by atoms with E-state index in [9.17, 15) is 0 Å². The van der Waals surface area contributed by atoms with Crippen LogP contribution in [-0.4, -0.2) is 19.3 Å². The lowest BCUT2D eigenvalue weighted by Crippen LogP contribution is -2.40. The van der Waals surface area contributed by atoms with Crippen molar-refractivity contribution < 1.29 is 0 Å². The highest BCUT2D eigenvalue weighted by molar-refractivity contribution is 14.0. The highest BCUT2D eigenvalue weighted by Gasteiger charge is 2.30. The SMILES string of the molecule is CCN1c2cc(C)c(C)cc2N(CC)C1C.I. The van der Waals surface area contributed by atoms with Crippen molar-refractivity contribution in [2.24, 2.45) is 0 Å². The van der Waals surface area contributed by atoms with E-state index in [1.54, 1.807) is 0 Å². The van der Waals surface area contributed by atoms with Gasteiger partial charge in [-0.2, -0.15) is 0 Å². The van der Waals surface area contributed by atoms with Crippen LogP contribution in [0.4, 0.5) is 11.4 Å². The summed E-state index contributed by atoms with van der Waals surface area (Å²) in [4.78, 5) is 4.95. The van der Waals surface area contributed by atoms with Gasteiger partial charge in [-0.15, -0.1) is 24.0 Å². The van der Waals surface area contributed by atoms with Crippen molar-refractivity contribution in [2.45, 2.75) is 40.8 Å². The smallest absolute Gasteiger partial charge is 0.0987 e. The van der Waals surface area contributed by atoms with Crippen LogP contribution in [0.2, 0.25) is 0 Å². The fourth-order valence-corrected chi connectivity index (χ4v) is 2.69. The molecule has 1 aromatic carbocycles. The first-order valence-electron chi connectivity index (χ1n) is 6.24. The van der Waals surface area contributed by atoms with Gasteiger partial charge in [-0.05, 0) is 57.9 Å². The number of hydrogen-bond acceptors (Lipinski definition) is 2. The van der Waals surface area contributed by atoms with Gasteiger partial charge in [-0.25, -0.2) is 0 Å². The highest BCUT2D eigenvalue weighted by Crippen LogP contribution is 2.40. The van der Waals surface area contributed by atoms with Gasteiger partial charge in [0.2, 0.25) is 0 Å². The maximum absolute atomic E-state index is 2.48. The molecule has 0 unspecified atom stereocenters. The number of aryl methyl sites for hydroxylation is 2. The van der Waals surface area contributed by atoms with Crippen LogP contribution in [0.15, 0.2) is 12.1 Å². The second-order valence-corrected chi connectivity index (χ2v) is 4.63. The van der Waals surface area contributed by atoms with E-state index in [1.807, 2.05) is 0 Å². The Morgan fingerprint density at radius 3 is 1.59 bits per heavy atom. The van der Waals surface area contributed by atoms with E-state index >= 15 is 0 Å². The largest absolute Gasteiger partial charge is 0.350 e. The van der Waals surface area contributed by atoms with Crippen molar-refractivity contribution in [1.29, 1.82) is 0 Å². The van der Waals surface area contributed by atoms with E-state index in [4.69, 9.17) is 0 Å². The first-order valence-corrected chi connectivity index (χ1v) is 6.24. The Labute approximate surface area is 122 Å². The van der Waals surface area contributed by atoms with Gasteiger partial charge in [0.15, 0.2) is 0 Å². The summed E-state index contributed by atoms with van der Waals surface area (Å²) in [7, 11) is 0. The molecule has 3 heteroatoms. The van der Waals surface area contributed by atoms with Gasteiger partial charge >= 0.3 is 0 Å². The molecule has 17 heavy (non-hydrogen) atoms. The Balaban J connectivity index is 0.00000144. The molecule has 2 nitrogen and oxygen atoms in total. The molecule has 1 aliphatic rings. The van der Waals surface area contributed by atoms with E-state index in [0.717, 1.165) is 13.1 Å². The third-order valence-corrected chi connectivity index (χ3v) is 3.79. The van der Waals surface area contributed by atoms with Crippen LogP contribution in [0.5, 0.6) is 0 Å². The van der Waals surface area contributed by atoms with Crippen molar-refractivity contribution in [3.05, 3.63) is 23.3 Å². The Kier molecular flexibility index (Phi) is 4.69. The molecular formula is C14H23IN2. The monoisotopic (exact) mass is 346 g/mol. The number of rotatable bonds is 2. The fraction of sp³-hybridized carbons (Fsp3) is 0.571. The summed E-state index contributed by atoms with van der Waals surface area (Å²) in [5.74, 6) is 0. The number of nitrogens with zero attached hydrogens (tertiary/aromatic N) is 2. The number of anilines is 2. The third-order valence-electron chi connectivity index (χ3n) is 3.79. The molecule has 0 radical (unpaired) electrons. The summed E-state index contributed by atoms with van der Waals surface area (Å²) in [6.07, 6.45) is 0.492. The number of fused-ring (bicyclic) bond motifs is 1. The van der Waals surface area contributed by atoms with Crippen molar-refractivity contribution in [2.75, 3.05) is 22.9 Å². The molecule has 2 rings (SSSR count). The first kappa shape index (κ1) is 14.6. The summed E-state index contributed by atoms with van der Waals surface area (Å²) < 4.78 is 0. The highest BCUT2D eigenvalue weighted by atomic mass is 127. The average Bonchev–Trinajstić information content (AvgIpc) is 2.50. The summed E-state index contributed by atoms with van der Waals surface area (Å²) in [5.41, 5.74) is 5.59. The third kappa shape index (κ3) is 2.26. The summed E-state index contributed by atoms with van der Waals surface area (Å²) in [5, 5.41) is 0. The molecule has 0 aliphatic carbocycles. The molecule has 0 aromatic heterocycles. The van der Waals surface area contributed by atoms with Crippen molar-refractivity contribution in [3.8, 4) is 0 Å². The molecule has 1 heterocycles. The summed E-state index contributed by atoms with van der Waals surface area (Å²) in [6.45, 7) is 13.3. The molecule has 0 bridgehead atoms. The zero-order valence-electron chi connectivity index (χ0n) is 11.4. The normalized spacial score (nSPS) is 14.9. The van der Waals surface area contributed by atoms with Gasteiger partial charge in [0.25, 0.3) is 0 Å². The van der Waals surface area contributed by atoms with Gasteiger partial charge in [0.1, 0.15) is 0 Å². The molecule has 0 fully saturated rings. The van der Waals surface area contributed by atoms with E-state index in [2.05, 4.69) is 56.6 Å². The predicted molar refractivity (Wildman–Crippen MR) is 86.8 cm³/mol. The summed E-state index contributed by atoms with van der Waals surface area (Å²) in [6, 6.07) is 4.67. The maximum Gasteiger partial charge on any atom is 0.0987 e. The molecule has 1 aromatic rings. The second-order valence-electron chi connectivity index (χ2n) is 4.63. The van der Waals surface area contributed by atoms with Crippen LogP contribution in [0.3, 0.4) is 0 Å². The van der Waals surface area contributed by atoms with E-state index < -0.39 is 0 Å². The lowest BCUT2D eigenvalue weighted by Gasteiger charge is -2.28. The van der Waals surface area contributed by atoms with Crippen LogP contribution in [0, 0.1) is 13.8 Å². The minimum atomic E-state index is 0. The Hall–Kier alpha value is -0.450. The van der Waals surface area contributed by atoms with Gasteiger partial charge in [0.05, 0.1) is 17.5 Å². The van der Waals surface area contributed by atoms with E-state index in [-0.39, 0.29) is 24.0 Å². The maximum atomic E-state index is 2.48. The molecule has 0 saturated carbocycles. The second kappa shape index (κ2) is 5.46. The van der Waals surface area contributed by atoms with Crippen LogP contribution < -0.4 is 9.80 Å². The summed E-state index contributed by atoms with van der Waals surface area (Å²) >= 11 is 0. The van der Waals surface area contributed by atoms with Gasteiger partial charge in [-0.1, -0.05) is 0 Å². The van der Waals surface area contributed by atoms with E-state index in [1.165, 1.54) is 22.5 Å². The van der Waals surface area contributed by atoms with Gasteiger partial charge in [0, 0.05) is 13.1 Å². The van der Waals surface area contributed by atoms with Gasteiger partial charge < -0.3 is 9.80 Å². The average molecular weight is 346 g/mol. The van der Waals surface area contributed by atoms with Crippen molar-refractivity contribution in [1.82, 2.24) is 0 Å². The molecule has 0 spiro atoms. The molecular weight excluding hydrogens is 323 g/mol. The van der Waals surface area contributed by atoms with Crippen molar-refractivity contribution >= 4 is 35.4 Å². The molecule has 0 saturated heterocycles. The Morgan fingerprint density at radius 2 is 1.29 bits per heavy atom. The van der Waals surface area contributed by atoms with Gasteiger partial charge in [-0.3, -0.25) is 0 Å². The minimum absolute atomic E-state index is 0. The number of hydrogen-bond donors (Lipinski definition) is 0. The molecule has 0 atom stereocenters. The molecule has 0 amide bonds. The van der Waals surface area contributed by atoms with Crippen LogP contribution in [0.1, 0.15) is 31.9 Å². The number of halogens is 1. The van der Waals surface area contributed by atoms with Crippen LogP contribution in [0.25, 0.3) is 0 Å². The topological polar surface area (TPSA) is 6.48 Å². The van der Waals surface area contributed by atoms with Crippen LogP contribution in [-0.2, 0) is 0 Å². The first-order chi connectivity index (χ1) is 7.60. The Bertz CT molecular complexity index is 366. The van der Waals surface area contributed by atoms with Crippen LogP contribution >= 0.6 is 24.0 Å². The zero-order chi connectivity index (χ0) is 11.9. The lowest BCUT2D eigenvalue weighted by atomic mass is 10.1. The lowest BCUT2D eigenvalue weighted by molar-refractivity contribution is 0.644. The standard InChI is InChI=1S/C14H22N2.HI/c1-6-15-12(5)16(7-2)14-9-11(4)10(3)8-13(14)15;/h8-9,12H,6-7H2,1-5H3;1H. The zero-order valence-corrected chi connectivity index (χ0v) is 13.8. The van der Waals surface area contributed by atoms with E-state index in [0.29, 0.717) is 6.17 Å². The molecule has 1 aliphatic heterocycles. The fourth-order valence-electron chi connectivity index (χ4n) is 2.69.